The van der Waals surface area contributed by atoms with Gasteiger partial charge in [-0.2, -0.15) is 0 Å². The number of nitrogens with one attached hydrogen (secondary N) is 1. The number of para-hydroxylation sites is 1. The zero-order valence-electron chi connectivity index (χ0n) is 16.9. The van der Waals surface area contributed by atoms with Crippen LogP contribution in [0.5, 0.6) is 0 Å². The Hall–Kier alpha value is -4.04. The van der Waals surface area contributed by atoms with E-state index in [1.54, 1.807) is 18.3 Å². The van der Waals surface area contributed by atoms with Crippen LogP contribution in [-0.2, 0) is 0 Å². The molecular weight excluding hydrogens is 422 g/mol. The smallest absolute Gasteiger partial charge is 0.269 e. The molecule has 8 heteroatoms. The highest BCUT2D eigenvalue weighted by molar-refractivity contribution is 7.80. The summed E-state index contributed by atoms with van der Waals surface area (Å²) in [6.45, 7) is 0. The number of anilines is 1. The molecule has 0 radical (unpaired) electrons. The number of pyridine rings is 1. The van der Waals surface area contributed by atoms with E-state index in [0.717, 1.165) is 22.8 Å². The van der Waals surface area contributed by atoms with E-state index < -0.39 is 4.92 Å². The summed E-state index contributed by atoms with van der Waals surface area (Å²) in [4.78, 5) is 17.4. The van der Waals surface area contributed by atoms with Gasteiger partial charge in [0.2, 0.25) is 0 Å². The van der Waals surface area contributed by atoms with Crippen molar-refractivity contribution in [3.63, 3.8) is 0 Å². The van der Waals surface area contributed by atoms with Gasteiger partial charge in [0.05, 0.1) is 16.7 Å². The van der Waals surface area contributed by atoms with Crippen LogP contribution in [0, 0.1) is 10.1 Å². The molecule has 2 aromatic carbocycles. The van der Waals surface area contributed by atoms with Crippen molar-refractivity contribution < 1.29 is 4.92 Å². The number of nitro benzene ring substituents is 1. The summed E-state index contributed by atoms with van der Waals surface area (Å²) >= 11 is 5.76. The van der Waals surface area contributed by atoms with Gasteiger partial charge in [0.15, 0.2) is 5.11 Å². The number of nitrogens with zero attached hydrogens (tertiary/aromatic N) is 4. The van der Waals surface area contributed by atoms with Crippen molar-refractivity contribution in [2.75, 3.05) is 4.90 Å². The number of aromatic nitrogens is 2. The van der Waals surface area contributed by atoms with Crippen LogP contribution in [0.15, 0.2) is 97.3 Å². The zero-order chi connectivity index (χ0) is 22.1. The number of benzene rings is 2. The second-order valence-corrected chi connectivity index (χ2v) is 7.80. The van der Waals surface area contributed by atoms with Crippen molar-refractivity contribution in [2.24, 2.45) is 0 Å². The van der Waals surface area contributed by atoms with Gasteiger partial charge in [-0.15, -0.1) is 0 Å². The first kappa shape index (κ1) is 19.9. The van der Waals surface area contributed by atoms with Gasteiger partial charge in [-0.1, -0.05) is 24.3 Å². The first-order valence-corrected chi connectivity index (χ1v) is 10.5. The molecular formula is C24H19N5O2S. The van der Waals surface area contributed by atoms with Crippen molar-refractivity contribution in [3.8, 4) is 5.69 Å². The molecule has 0 aliphatic carbocycles. The molecule has 1 fully saturated rings. The molecule has 1 saturated heterocycles. The van der Waals surface area contributed by atoms with Gasteiger partial charge in [-0.3, -0.25) is 15.1 Å². The van der Waals surface area contributed by atoms with E-state index in [9.17, 15) is 10.1 Å². The van der Waals surface area contributed by atoms with Crippen molar-refractivity contribution in [1.29, 1.82) is 0 Å². The van der Waals surface area contributed by atoms with E-state index in [2.05, 4.69) is 15.2 Å². The van der Waals surface area contributed by atoms with Gasteiger partial charge in [-0.25, -0.2) is 0 Å². The monoisotopic (exact) mass is 441 g/mol. The van der Waals surface area contributed by atoms with E-state index in [1.165, 1.54) is 12.1 Å². The fourth-order valence-corrected chi connectivity index (χ4v) is 4.47. The number of non-ortho nitro benzene ring substituents is 1. The molecule has 2 atom stereocenters. The maximum atomic E-state index is 11.1. The third kappa shape index (κ3) is 3.50. The summed E-state index contributed by atoms with van der Waals surface area (Å²) in [5, 5.41) is 15.1. The maximum absolute atomic E-state index is 11.1. The average molecular weight is 442 g/mol. The van der Waals surface area contributed by atoms with Gasteiger partial charge in [0.1, 0.15) is 6.04 Å². The second-order valence-electron chi connectivity index (χ2n) is 7.41. The van der Waals surface area contributed by atoms with Crippen molar-refractivity contribution >= 4 is 28.7 Å². The van der Waals surface area contributed by atoms with Crippen LogP contribution in [0.3, 0.4) is 0 Å². The Labute approximate surface area is 190 Å². The topological polar surface area (TPSA) is 76.2 Å². The highest BCUT2D eigenvalue weighted by atomic mass is 32.1. The zero-order valence-corrected chi connectivity index (χ0v) is 17.7. The standard InChI is InChI=1S/C24H19N5O2S/c30-29(31)19-13-11-17(12-14-19)27-16-6-10-21(27)23-22(20-9-4-5-15-25-20)26-24(32)28(23)18-7-2-1-3-8-18/h1-16,22-23H,(H,26,32). The van der Waals surface area contributed by atoms with Crippen LogP contribution in [-0.4, -0.2) is 19.6 Å². The number of hydrogen-bond donors (Lipinski definition) is 1. The highest BCUT2D eigenvalue weighted by Crippen LogP contribution is 2.42. The molecule has 7 nitrogen and oxygen atoms in total. The Kier molecular flexibility index (Phi) is 5.12. The number of nitro groups is 1. The van der Waals surface area contributed by atoms with Crippen LogP contribution >= 0.6 is 12.2 Å². The van der Waals surface area contributed by atoms with Crippen LogP contribution in [0.25, 0.3) is 5.69 Å². The molecule has 0 saturated carbocycles. The SMILES string of the molecule is O=[N+]([O-])c1ccc(-n2cccc2C2C(c3ccccn3)NC(=S)N2c2ccccc2)cc1. The Morgan fingerprint density at radius 1 is 0.906 bits per heavy atom. The van der Waals surface area contributed by atoms with Crippen molar-refractivity contribution in [2.45, 2.75) is 12.1 Å². The number of thiocarbonyl (C=S) groups is 1. The Balaban J connectivity index is 1.63. The quantitative estimate of drug-likeness (QED) is 0.268. The molecule has 1 aliphatic rings. The van der Waals surface area contributed by atoms with Crippen LogP contribution < -0.4 is 10.2 Å². The van der Waals surface area contributed by atoms with Crippen LogP contribution in [0.1, 0.15) is 23.5 Å². The molecule has 3 heterocycles. The number of rotatable bonds is 5. The van der Waals surface area contributed by atoms with Gasteiger partial charge in [-0.05, 0) is 60.7 Å². The molecule has 4 aromatic rings. The number of hydrogen-bond acceptors (Lipinski definition) is 4. The molecule has 0 amide bonds. The average Bonchev–Trinajstić information content (AvgIpc) is 3.44. The fourth-order valence-electron chi connectivity index (χ4n) is 4.13. The Bertz CT molecular complexity index is 1260. The van der Waals surface area contributed by atoms with E-state index in [0.29, 0.717) is 5.11 Å². The fraction of sp³-hybridized carbons (Fsp3) is 0.0833. The molecule has 32 heavy (non-hydrogen) atoms. The van der Waals surface area contributed by atoms with Crippen LogP contribution in [0.2, 0.25) is 0 Å². The van der Waals surface area contributed by atoms with E-state index in [4.69, 9.17) is 12.2 Å². The Morgan fingerprint density at radius 3 is 2.34 bits per heavy atom. The molecule has 1 N–H and O–H groups in total. The molecule has 0 spiro atoms. The third-order valence-electron chi connectivity index (χ3n) is 5.55. The third-order valence-corrected chi connectivity index (χ3v) is 5.87. The van der Waals surface area contributed by atoms with E-state index >= 15 is 0 Å². The lowest BCUT2D eigenvalue weighted by Gasteiger charge is -2.29. The minimum absolute atomic E-state index is 0.0587. The van der Waals surface area contributed by atoms with E-state index in [1.807, 2.05) is 71.4 Å². The first-order valence-electron chi connectivity index (χ1n) is 10.1. The molecule has 5 rings (SSSR count). The summed E-state index contributed by atoms with van der Waals surface area (Å²) in [5.41, 5.74) is 3.75. The lowest BCUT2D eigenvalue weighted by Crippen LogP contribution is -2.30. The predicted octanol–water partition coefficient (Wildman–Crippen LogP) is 4.96. The van der Waals surface area contributed by atoms with E-state index in [-0.39, 0.29) is 17.8 Å². The van der Waals surface area contributed by atoms with Crippen molar-refractivity contribution in [1.82, 2.24) is 14.9 Å². The van der Waals surface area contributed by atoms with Crippen LogP contribution in [0.4, 0.5) is 11.4 Å². The van der Waals surface area contributed by atoms with Gasteiger partial charge in [0.25, 0.3) is 5.69 Å². The normalized spacial score (nSPS) is 17.9. The molecule has 2 unspecified atom stereocenters. The minimum Gasteiger partial charge on any atom is -0.351 e. The highest BCUT2D eigenvalue weighted by Gasteiger charge is 2.42. The molecule has 2 aromatic heterocycles. The van der Waals surface area contributed by atoms with Crippen molar-refractivity contribution in [3.05, 3.63) is 119 Å². The molecule has 158 valence electrons. The summed E-state index contributed by atoms with van der Waals surface area (Å²) in [5.74, 6) is 0. The Morgan fingerprint density at radius 2 is 1.66 bits per heavy atom. The minimum atomic E-state index is -0.395. The summed E-state index contributed by atoms with van der Waals surface area (Å²) < 4.78 is 2.04. The first-order chi connectivity index (χ1) is 15.6. The lowest BCUT2D eigenvalue weighted by atomic mass is 10.0. The van der Waals surface area contributed by atoms with Gasteiger partial charge >= 0.3 is 0 Å². The molecule has 1 aliphatic heterocycles. The van der Waals surface area contributed by atoms with Gasteiger partial charge < -0.3 is 14.8 Å². The van der Waals surface area contributed by atoms with Gasteiger partial charge in [0, 0.05) is 41.6 Å². The summed E-state index contributed by atoms with van der Waals surface area (Å²) in [6, 6.07) is 26.1. The second kappa shape index (κ2) is 8.24. The summed E-state index contributed by atoms with van der Waals surface area (Å²) in [7, 11) is 0. The summed E-state index contributed by atoms with van der Waals surface area (Å²) in [6.07, 6.45) is 3.73. The predicted molar refractivity (Wildman–Crippen MR) is 127 cm³/mol. The molecule has 0 bridgehead atoms. The largest absolute Gasteiger partial charge is 0.351 e. The lowest BCUT2D eigenvalue weighted by molar-refractivity contribution is -0.384. The maximum Gasteiger partial charge on any atom is 0.269 e.